The van der Waals surface area contributed by atoms with Gasteiger partial charge in [-0.25, -0.2) is 0 Å². The number of aliphatic hydroxyl groups is 1. The first-order chi connectivity index (χ1) is 9.13. The molecule has 0 saturated carbocycles. The summed E-state index contributed by atoms with van der Waals surface area (Å²) >= 11 is 0. The zero-order valence-corrected chi connectivity index (χ0v) is 11.1. The number of carbonyl (C=O) groups excluding carboxylic acids is 2. The zero-order chi connectivity index (χ0) is 14.1. The van der Waals surface area contributed by atoms with Crippen molar-refractivity contribution >= 4 is 11.8 Å². The highest BCUT2D eigenvalue weighted by molar-refractivity contribution is 5.94. The average Bonchev–Trinajstić information content (AvgIpc) is 2.45. The van der Waals surface area contributed by atoms with Crippen LogP contribution < -0.4 is 10.6 Å². The van der Waals surface area contributed by atoms with Crippen LogP contribution in [0.25, 0.3) is 0 Å². The molecule has 0 aromatic heterocycles. The van der Waals surface area contributed by atoms with Crippen molar-refractivity contribution in [2.75, 3.05) is 13.1 Å². The van der Waals surface area contributed by atoms with Gasteiger partial charge in [-0.3, -0.25) is 9.59 Å². The minimum absolute atomic E-state index is 0.180. The van der Waals surface area contributed by atoms with Crippen molar-refractivity contribution in [3.8, 4) is 0 Å². The van der Waals surface area contributed by atoms with Gasteiger partial charge in [0.15, 0.2) is 0 Å². The molecule has 5 heteroatoms. The number of hydrogen-bond acceptors (Lipinski definition) is 3. The summed E-state index contributed by atoms with van der Waals surface area (Å²) in [6.07, 6.45) is 0.294. The number of carbonyl (C=O) groups is 2. The maximum absolute atomic E-state index is 11.7. The molecule has 0 aliphatic carbocycles. The number of hydrogen-bond donors (Lipinski definition) is 3. The average molecular weight is 264 g/mol. The molecule has 2 amide bonds. The molecule has 104 valence electrons. The summed E-state index contributed by atoms with van der Waals surface area (Å²) in [6.45, 7) is 2.38. The molecule has 0 saturated heterocycles. The van der Waals surface area contributed by atoms with E-state index in [1.807, 2.05) is 13.0 Å². The second kappa shape index (κ2) is 8.26. The predicted octanol–water partition coefficient (Wildman–Crippen LogP) is 0.694. The number of nitrogens with one attached hydrogen (secondary N) is 2. The highest BCUT2D eigenvalue weighted by atomic mass is 16.3. The minimum Gasteiger partial charge on any atom is -0.391 e. The van der Waals surface area contributed by atoms with Gasteiger partial charge in [0.25, 0.3) is 5.91 Å². The second-order valence-electron chi connectivity index (χ2n) is 4.24. The first-order valence-electron chi connectivity index (χ1n) is 6.41. The van der Waals surface area contributed by atoms with Crippen LogP contribution in [0.4, 0.5) is 0 Å². The third kappa shape index (κ3) is 6.01. The van der Waals surface area contributed by atoms with Gasteiger partial charge in [0.2, 0.25) is 5.91 Å². The molecule has 0 heterocycles. The van der Waals surface area contributed by atoms with Gasteiger partial charge < -0.3 is 15.7 Å². The number of benzene rings is 1. The summed E-state index contributed by atoms with van der Waals surface area (Å²) in [5, 5.41) is 14.6. The molecule has 1 aromatic carbocycles. The molecule has 0 aliphatic heterocycles. The number of amides is 2. The lowest BCUT2D eigenvalue weighted by Gasteiger charge is -2.09. The van der Waals surface area contributed by atoms with Gasteiger partial charge in [0.1, 0.15) is 0 Å². The van der Waals surface area contributed by atoms with Crippen LogP contribution in [-0.2, 0) is 4.79 Å². The maximum Gasteiger partial charge on any atom is 0.251 e. The SMILES string of the molecule is CCC(O)CNC(=O)CCNC(=O)c1ccccc1. The normalized spacial score (nSPS) is 11.7. The van der Waals surface area contributed by atoms with Gasteiger partial charge in [0.05, 0.1) is 6.10 Å². The Bertz CT molecular complexity index is 406. The van der Waals surface area contributed by atoms with Gasteiger partial charge in [-0.1, -0.05) is 25.1 Å². The van der Waals surface area contributed by atoms with Crippen molar-refractivity contribution < 1.29 is 14.7 Å². The molecule has 1 unspecified atom stereocenters. The predicted molar refractivity (Wildman–Crippen MR) is 72.7 cm³/mol. The smallest absolute Gasteiger partial charge is 0.251 e. The molecule has 0 bridgehead atoms. The Kier molecular flexibility index (Phi) is 6.60. The zero-order valence-electron chi connectivity index (χ0n) is 11.1. The van der Waals surface area contributed by atoms with E-state index in [4.69, 9.17) is 0 Å². The molecule has 0 aliphatic rings. The molecular formula is C14H20N2O3. The summed E-state index contributed by atoms with van der Waals surface area (Å²) in [5.74, 6) is -0.372. The fourth-order valence-electron chi connectivity index (χ4n) is 1.45. The molecular weight excluding hydrogens is 244 g/mol. The number of aliphatic hydroxyl groups excluding tert-OH is 1. The summed E-state index contributed by atoms with van der Waals surface area (Å²) in [7, 11) is 0. The molecule has 3 N–H and O–H groups in total. The van der Waals surface area contributed by atoms with Crippen molar-refractivity contribution in [2.24, 2.45) is 0 Å². The van der Waals surface area contributed by atoms with E-state index < -0.39 is 6.10 Å². The molecule has 0 spiro atoms. The van der Waals surface area contributed by atoms with Crippen LogP contribution in [0.5, 0.6) is 0 Å². The maximum atomic E-state index is 11.7. The molecule has 5 nitrogen and oxygen atoms in total. The van der Waals surface area contributed by atoms with E-state index in [0.29, 0.717) is 12.0 Å². The summed E-state index contributed by atoms with van der Waals surface area (Å²) in [4.78, 5) is 23.1. The monoisotopic (exact) mass is 264 g/mol. The van der Waals surface area contributed by atoms with Crippen LogP contribution in [0, 0.1) is 0 Å². The van der Waals surface area contributed by atoms with Crippen LogP contribution in [0.2, 0.25) is 0 Å². The quantitative estimate of drug-likeness (QED) is 0.678. The van der Waals surface area contributed by atoms with Gasteiger partial charge >= 0.3 is 0 Å². The molecule has 0 radical (unpaired) electrons. The highest BCUT2D eigenvalue weighted by Gasteiger charge is 2.07. The van der Waals surface area contributed by atoms with Crippen LogP contribution in [0.15, 0.2) is 30.3 Å². The number of rotatable bonds is 7. The van der Waals surface area contributed by atoms with E-state index in [-0.39, 0.29) is 31.3 Å². The molecule has 0 fully saturated rings. The molecule has 19 heavy (non-hydrogen) atoms. The first kappa shape index (κ1) is 15.2. The topological polar surface area (TPSA) is 78.4 Å². The third-order valence-corrected chi connectivity index (χ3v) is 2.68. The fourth-order valence-corrected chi connectivity index (χ4v) is 1.45. The summed E-state index contributed by atoms with van der Waals surface area (Å²) < 4.78 is 0. The summed E-state index contributed by atoms with van der Waals surface area (Å²) in [6, 6.07) is 8.84. The lowest BCUT2D eigenvalue weighted by molar-refractivity contribution is -0.121. The van der Waals surface area contributed by atoms with Crippen LogP contribution in [-0.4, -0.2) is 36.1 Å². The van der Waals surface area contributed by atoms with Crippen molar-refractivity contribution in [1.82, 2.24) is 10.6 Å². The van der Waals surface area contributed by atoms with E-state index in [2.05, 4.69) is 10.6 Å². The lowest BCUT2D eigenvalue weighted by atomic mass is 10.2. The van der Waals surface area contributed by atoms with Gasteiger partial charge in [-0.2, -0.15) is 0 Å². The van der Waals surface area contributed by atoms with Crippen molar-refractivity contribution in [2.45, 2.75) is 25.9 Å². The third-order valence-electron chi connectivity index (χ3n) is 2.68. The molecule has 1 rings (SSSR count). The fraction of sp³-hybridized carbons (Fsp3) is 0.429. The molecule has 1 atom stereocenters. The van der Waals surface area contributed by atoms with Crippen molar-refractivity contribution in [3.63, 3.8) is 0 Å². The Morgan fingerprint density at radius 3 is 2.53 bits per heavy atom. The van der Waals surface area contributed by atoms with E-state index >= 15 is 0 Å². The van der Waals surface area contributed by atoms with Crippen molar-refractivity contribution in [3.05, 3.63) is 35.9 Å². The van der Waals surface area contributed by atoms with Crippen LogP contribution in [0.3, 0.4) is 0 Å². The van der Waals surface area contributed by atoms with Crippen LogP contribution in [0.1, 0.15) is 30.1 Å². The van der Waals surface area contributed by atoms with Crippen molar-refractivity contribution in [1.29, 1.82) is 0 Å². The van der Waals surface area contributed by atoms with Gasteiger partial charge in [-0.15, -0.1) is 0 Å². The van der Waals surface area contributed by atoms with E-state index in [1.165, 1.54) is 0 Å². The lowest BCUT2D eigenvalue weighted by Crippen LogP contribution is -2.34. The Labute approximate surface area is 113 Å². The van der Waals surface area contributed by atoms with Gasteiger partial charge in [-0.05, 0) is 18.6 Å². The Hall–Kier alpha value is -1.88. The standard InChI is InChI=1S/C14H20N2O3/c1-2-12(17)10-16-13(18)8-9-15-14(19)11-6-4-3-5-7-11/h3-7,12,17H,2,8-10H2,1H3,(H,15,19)(H,16,18). The second-order valence-corrected chi connectivity index (χ2v) is 4.24. The van der Waals surface area contributed by atoms with Crippen LogP contribution >= 0.6 is 0 Å². The van der Waals surface area contributed by atoms with Gasteiger partial charge in [0, 0.05) is 25.1 Å². The Morgan fingerprint density at radius 1 is 1.21 bits per heavy atom. The largest absolute Gasteiger partial charge is 0.391 e. The molecule has 1 aromatic rings. The van der Waals surface area contributed by atoms with E-state index in [9.17, 15) is 14.7 Å². The summed E-state index contributed by atoms with van der Waals surface area (Å²) in [5.41, 5.74) is 0.573. The minimum atomic E-state index is -0.511. The van der Waals surface area contributed by atoms with E-state index in [1.54, 1.807) is 24.3 Å². The Balaban J connectivity index is 2.20. The first-order valence-corrected chi connectivity index (χ1v) is 6.41. The Morgan fingerprint density at radius 2 is 1.89 bits per heavy atom. The van der Waals surface area contributed by atoms with E-state index in [0.717, 1.165) is 0 Å². The highest BCUT2D eigenvalue weighted by Crippen LogP contribution is 1.97.